The normalized spacial score (nSPS) is 24.8. The van der Waals surface area contributed by atoms with Gasteiger partial charge in [0.15, 0.2) is 11.5 Å². The summed E-state index contributed by atoms with van der Waals surface area (Å²) in [7, 11) is 0. The third-order valence-corrected chi connectivity index (χ3v) is 2.91. The van der Waals surface area contributed by atoms with Gasteiger partial charge in [0.25, 0.3) is 0 Å². The topological polar surface area (TPSA) is 84.6 Å². The third-order valence-electron chi connectivity index (χ3n) is 2.91. The molecule has 0 aliphatic carbocycles. The maximum absolute atomic E-state index is 10.6. The molecule has 17 heavy (non-hydrogen) atoms. The van der Waals surface area contributed by atoms with Crippen molar-refractivity contribution in [1.29, 1.82) is 0 Å². The lowest BCUT2D eigenvalue weighted by molar-refractivity contribution is 0.0268. The van der Waals surface area contributed by atoms with Crippen LogP contribution >= 0.6 is 0 Å². The molecule has 1 aliphatic rings. The van der Waals surface area contributed by atoms with Crippen molar-refractivity contribution in [3.63, 3.8) is 0 Å². The van der Waals surface area contributed by atoms with Crippen molar-refractivity contribution in [3.05, 3.63) is 17.5 Å². The number of ether oxygens (including phenoxy) is 1. The van der Waals surface area contributed by atoms with E-state index in [1.165, 1.54) is 6.07 Å². The second-order valence-corrected chi connectivity index (χ2v) is 4.55. The maximum Gasteiger partial charge on any atom is 0.358 e. The van der Waals surface area contributed by atoms with Crippen LogP contribution in [0.15, 0.2) is 10.6 Å². The van der Waals surface area contributed by atoms with Gasteiger partial charge >= 0.3 is 5.97 Å². The summed E-state index contributed by atoms with van der Waals surface area (Å²) in [6.45, 7) is 4.01. The molecule has 0 bridgehead atoms. The highest BCUT2D eigenvalue weighted by Crippen LogP contribution is 2.19. The van der Waals surface area contributed by atoms with E-state index in [0.717, 1.165) is 19.4 Å². The van der Waals surface area contributed by atoms with Crippen LogP contribution in [0.1, 0.15) is 36.0 Å². The first kappa shape index (κ1) is 12.1. The number of aromatic carboxylic acids is 1. The van der Waals surface area contributed by atoms with E-state index in [1.54, 1.807) is 0 Å². The smallest absolute Gasteiger partial charge is 0.358 e. The molecule has 1 unspecified atom stereocenters. The van der Waals surface area contributed by atoms with Gasteiger partial charge in [-0.05, 0) is 19.8 Å². The van der Waals surface area contributed by atoms with Gasteiger partial charge in [-0.25, -0.2) is 4.79 Å². The molecule has 0 spiro atoms. The summed E-state index contributed by atoms with van der Waals surface area (Å²) < 4.78 is 10.3. The Morgan fingerprint density at radius 2 is 2.53 bits per heavy atom. The molecule has 0 amide bonds. The van der Waals surface area contributed by atoms with E-state index < -0.39 is 5.97 Å². The molecule has 0 aromatic carbocycles. The fraction of sp³-hybridized carbons (Fsp3) is 0.636. The van der Waals surface area contributed by atoms with Crippen LogP contribution in [-0.2, 0) is 11.3 Å². The summed E-state index contributed by atoms with van der Waals surface area (Å²) in [5, 5.41) is 15.5. The van der Waals surface area contributed by atoms with E-state index in [0.29, 0.717) is 18.9 Å². The van der Waals surface area contributed by atoms with Crippen molar-refractivity contribution in [2.75, 3.05) is 13.2 Å². The summed E-state index contributed by atoms with van der Waals surface area (Å²) in [6.07, 6.45) is 2.06. The first-order valence-corrected chi connectivity index (χ1v) is 5.61. The summed E-state index contributed by atoms with van der Waals surface area (Å²) in [5.41, 5.74) is -0.138. The first-order valence-electron chi connectivity index (χ1n) is 5.61. The van der Waals surface area contributed by atoms with Crippen LogP contribution in [0.5, 0.6) is 0 Å². The van der Waals surface area contributed by atoms with Crippen LogP contribution in [0, 0.1) is 0 Å². The fourth-order valence-electron chi connectivity index (χ4n) is 1.87. The Kier molecular flexibility index (Phi) is 3.44. The molecule has 1 fully saturated rings. The number of carboxylic acids is 1. The van der Waals surface area contributed by atoms with Crippen molar-refractivity contribution < 1.29 is 19.2 Å². The molecule has 1 aromatic rings. The predicted octanol–water partition coefficient (Wildman–Crippen LogP) is 1.03. The fourth-order valence-corrected chi connectivity index (χ4v) is 1.87. The average molecular weight is 240 g/mol. The zero-order valence-electron chi connectivity index (χ0n) is 9.73. The second-order valence-electron chi connectivity index (χ2n) is 4.55. The molecule has 1 aromatic heterocycles. The van der Waals surface area contributed by atoms with Gasteiger partial charge in [-0.1, -0.05) is 5.16 Å². The first-order chi connectivity index (χ1) is 8.09. The van der Waals surface area contributed by atoms with E-state index in [9.17, 15) is 4.79 Å². The summed E-state index contributed by atoms with van der Waals surface area (Å²) in [4.78, 5) is 10.6. The minimum Gasteiger partial charge on any atom is -0.476 e. The number of carboxylic acid groups (broad SMARTS) is 1. The quantitative estimate of drug-likeness (QED) is 0.817. The predicted molar refractivity (Wildman–Crippen MR) is 58.8 cm³/mol. The minimum absolute atomic E-state index is 0.0631. The van der Waals surface area contributed by atoms with Gasteiger partial charge in [0.05, 0.1) is 13.2 Å². The summed E-state index contributed by atoms with van der Waals surface area (Å²) >= 11 is 0. The number of hydrogen-bond acceptors (Lipinski definition) is 5. The van der Waals surface area contributed by atoms with E-state index in [2.05, 4.69) is 17.4 Å². The Bertz CT molecular complexity index is 396. The Labute approximate surface area is 98.9 Å². The molecule has 2 rings (SSSR count). The van der Waals surface area contributed by atoms with Crippen LogP contribution in [-0.4, -0.2) is 35.0 Å². The number of nitrogens with zero attached hydrogens (tertiary/aromatic N) is 1. The molecular formula is C11H16N2O4. The third kappa shape index (κ3) is 3.04. The van der Waals surface area contributed by atoms with Crippen molar-refractivity contribution in [1.82, 2.24) is 10.5 Å². The lowest BCUT2D eigenvalue weighted by Gasteiger charge is -2.34. The molecule has 2 heterocycles. The highest BCUT2D eigenvalue weighted by atomic mass is 16.5. The van der Waals surface area contributed by atoms with Gasteiger partial charge in [-0.2, -0.15) is 0 Å². The highest BCUT2D eigenvalue weighted by Gasteiger charge is 2.27. The number of aromatic nitrogens is 1. The van der Waals surface area contributed by atoms with Crippen molar-refractivity contribution in [2.45, 2.75) is 31.8 Å². The highest BCUT2D eigenvalue weighted by molar-refractivity contribution is 5.85. The van der Waals surface area contributed by atoms with Gasteiger partial charge in [0.1, 0.15) is 0 Å². The van der Waals surface area contributed by atoms with Crippen LogP contribution in [0.3, 0.4) is 0 Å². The molecule has 94 valence electrons. The lowest BCUT2D eigenvalue weighted by atomic mass is 9.95. The van der Waals surface area contributed by atoms with Gasteiger partial charge in [0, 0.05) is 18.2 Å². The number of nitrogens with one attached hydrogen (secondary N) is 1. The largest absolute Gasteiger partial charge is 0.476 e. The van der Waals surface area contributed by atoms with E-state index in [4.69, 9.17) is 14.4 Å². The van der Waals surface area contributed by atoms with Crippen LogP contribution in [0.2, 0.25) is 0 Å². The summed E-state index contributed by atoms with van der Waals surface area (Å²) in [5.74, 6) is -0.554. The maximum atomic E-state index is 10.6. The molecule has 6 nitrogen and oxygen atoms in total. The van der Waals surface area contributed by atoms with Gasteiger partial charge in [0.2, 0.25) is 0 Å². The monoisotopic (exact) mass is 240 g/mol. The molecule has 1 saturated heterocycles. The Hall–Kier alpha value is -1.40. The number of hydrogen-bond donors (Lipinski definition) is 2. The van der Waals surface area contributed by atoms with Crippen molar-refractivity contribution >= 4 is 5.97 Å². The van der Waals surface area contributed by atoms with Gasteiger partial charge < -0.3 is 19.7 Å². The zero-order chi connectivity index (χ0) is 12.3. The molecule has 0 radical (unpaired) electrons. The molecular weight excluding hydrogens is 224 g/mol. The number of carbonyl (C=O) groups is 1. The van der Waals surface area contributed by atoms with E-state index in [1.807, 2.05) is 0 Å². The minimum atomic E-state index is -1.08. The number of rotatable bonds is 4. The second kappa shape index (κ2) is 4.85. The SMILES string of the molecule is CC1(NCc2cc(C(=O)O)no2)CCCOC1. The summed E-state index contributed by atoms with van der Waals surface area (Å²) in [6, 6.07) is 1.43. The average Bonchev–Trinajstić information content (AvgIpc) is 2.76. The van der Waals surface area contributed by atoms with Crippen molar-refractivity contribution in [3.8, 4) is 0 Å². The standard InChI is InChI=1S/C11H16N2O4/c1-11(3-2-4-16-7-11)12-6-8-5-9(10(14)15)13-17-8/h5,12H,2-4,6-7H2,1H3,(H,14,15). The van der Waals surface area contributed by atoms with Crippen LogP contribution < -0.4 is 5.32 Å². The van der Waals surface area contributed by atoms with Crippen molar-refractivity contribution in [2.24, 2.45) is 0 Å². The molecule has 2 N–H and O–H groups in total. The van der Waals surface area contributed by atoms with Crippen LogP contribution in [0.25, 0.3) is 0 Å². The Morgan fingerprint density at radius 1 is 1.71 bits per heavy atom. The Balaban J connectivity index is 1.90. The van der Waals surface area contributed by atoms with Gasteiger partial charge in [-0.3, -0.25) is 0 Å². The Morgan fingerprint density at radius 3 is 3.12 bits per heavy atom. The molecule has 1 aliphatic heterocycles. The van der Waals surface area contributed by atoms with Gasteiger partial charge in [-0.15, -0.1) is 0 Å². The lowest BCUT2D eigenvalue weighted by Crippen LogP contribution is -2.48. The molecule has 1 atom stereocenters. The molecule has 0 saturated carbocycles. The van der Waals surface area contributed by atoms with E-state index >= 15 is 0 Å². The zero-order valence-corrected chi connectivity index (χ0v) is 9.73. The van der Waals surface area contributed by atoms with Crippen LogP contribution in [0.4, 0.5) is 0 Å². The molecule has 6 heteroatoms. The van der Waals surface area contributed by atoms with E-state index in [-0.39, 0.29) is 11.2 Å².